The number of sulfonamides is 1. The maximum Gasteiger partial charge on any atom is 0.244 e. The Morgan fingerprint density at radius 3 is 2.58 bits per heavy atom. The number of H-pyrrole nitrogens is 1. The second kappa shape index (κ2) is 5.26. The number of aliphatic hydroxyl groups is 1. The number of nitrogens with one attached hydrogen (secondary N) is 1. The van der Waals surface area contributed by atoms with Gasteiger partial charge in [0.2, 0.25) is 10.0 Å². The predicted octanol–water partition coefficient (Wildman–Crippen LogP) is 1.71. The first-order chi connectivity index (χ1) is 8.97. The molecule has 1 aromatic heterocycles. The highest BCUT2D eigenvalue weighted by Gasteiger charge is 2.40. The van der Waals surface area contributed by atoms with E-state index in [-0.39, 0.29) is 16.9 Å². The summed E-state index contributed by atoms with van der Waals surface area (Å²) in [4.78, 5) is 3.03. The Morgan fingerprint density at radius 1 is 1.42 bits per heavy atom. The molecule has 1 fully saturated rings. The fraction of sp³-hybridized carbons (Fsp3) is 0.692. The first kappa shape index (κ1) is 14.6. The van der Waals surface area contributed by atoms with Crippen LogP contribution in [0.3, 0.4) is 0 Å². The monoisotopic (exact) mass is 286 g/mol. The van der Waals surface area contributed by atoms with Crippen LogP contribution in [0.4, 0.5) is 0 Å². The molecule has 0 aliphatic carbocycles. The quantitative estimate of drug-likeness (QED) is 0.865. The maximum atomic E-state index is 12.5. The maximum absolute atomic E-state index is 12.5. The van der Waals surface area contributed by atoms with Gasteiger partial charge in [0.05, 0.1) is 11.5 Å². The van der Waals surface area contributed by atoms with E-state index in [1.165, 1.54) is 12.3 Å². The van der Waals surface area contributed by atoms with E-state index in [9.17, 15) is 8.42 Å². The van der Waals surface area contributed by atoms with Crippen LogP contribution in [-0.2, 0) is 16.6 Å². The summed E-state index contributed by atoms with van der Waals surface area (Å²) in [6.07, 6.45) is 4.39. The van der Waals surface area contributed by atoms with Crippen LogP contribution in [0.15, 0.2) is 17.2 Å². The molecule has 0 unspecified atom stereocenters. The molecule has 2 rings (SSSR count). The summed E-state index contributed by atoms with van der Waals surface area (Å²) >= 11 is 0. The fourth-order valence-electron chi connectivity index (χ4n) is 2.73. The van der Waals surface area contributed by atoms with Crippen LogP contribution in [-0.4, -0.2) is 35.9 Å². The lowest BCUT2D eigenvalue weighted by molar-refractivity contribution is 0.277. The number of aliphatic hydroxyl groups excluding tert-OH is 1. The molecular formula is C13H22N2O3S. The molecule has 0 aromatic carbocycles. The number of hydrogen-bond donors (Lipinski definition) is 2. The SMILES string of the molecule is CCC1(CC)CCN(S(=O)(=O)c2c[nH]c(CO)c2)C1. The van der Waals surface area contributed by atoms with Crippen molar-refractivity contribution in [3.63, 3.8) is 0 Å². The van der Waals surface area contributed by atoms with E-state index in [4.69, 9.17) is 5.11 Å². The molecule has 1 aliphatic heterocycles. The first-order valence-corrected chi connectivity index (χ1v) is 8.20. The Bertz CT molecular complexity index is 532. The standard InChI is InChI=1S/C13H22N2O3S/c1-3-13(4-2)5-6-15(10-13)19(17,18)12-7-11(9-16)14-8-12/h7-8,14,16H,3-6,9-10H2,1-2H3. The van der Waals surface area contributed by atoms with Crippen LogP contribution < -0.4 is 0 Å². The fourth-order valence-corrected chi connectivity index (χ4v) is 4.31. The summed E-state index contributed by atoms with van der Waals surface area (Å²) < 4.78 is 26.6. The topological polar surface area (TPSA) is 73.4 Å². The average molecular weight is 286 g/mol. The third-order valence-corrected chi connectivity index (χ3v) is 6.25. The van der Waals surface area contributed by atoms with Crippen molar-refractivity contribution in [2.45, 2.75) is 44.6 Å². The summed E-state index contributed by atoms with van der Waals surface area (Å²) in [7, 11) is -3.43. The largest absolute Gasteiger partial charge is 0.390 e. The van der Waals surface area contributed by atoms with E-state index >= 15 is 0 Å². The van der Waals surface area contributed by atoms with E-state index in [2.05, 4.69) is 18.8 Å². The van der Waals surface area contributed by atoms with E-state index < -0.39 is 10.0 Å². The number of hydrogen-bond acceptors (Lipinski definition) is 3. The van der Waals surface area contributed by atoms with Crippen LogP contribution in [0.5, 0.6) is 0 Å². The molecule has 5 nitrogen and oxygen atoms in total. The highest BCUT2D eigenvalue weighted by Crippen LogP contribution is 2.39. The molecule has 0 spiro atoms. The van der Waals surface area contributed by atoms with Gasteiger partial charge in [-0.3, -0.25) is 0 Å². The van der Waals surface area contributed by atoms with Crippen molar-refractivity contribution < 1.29 is 13.5 Å². The molecule has 19 heavy (non-hydrogen) atoms. The van der Waals surface area contributed by atoms with Gasteiger partial charge in [0, 0.05) is 25.0 Å². The molecule has 2 heterocycles. The van der Waals surface area contributed by atoms with Crippen molar-refractivity contribution >= 4 is 10.0 Å². The van der Waals surface area contributed by atoms with Gasteiger partial charge in [0.15, 0.2) is 0 Å². The minimum atomic E-state index is -3.43. The minimum absolute atomic E-state index is 0.128. The molecule has 0 amide bonds. The normalized spacial score (nSPS) is 19.9. The van der Waals surface area contributed by atoms with Gasteiger partial charge in [-0.05, 0) is 30.7 Å². The Balaban J connectivity index is 2.22. The molecule has 1 saturated heterocycles. The average Bonchev–Trinajstić information content (AvgIpc) is 3.06. The third-order valence-electron chi connectivity index (χ3n) is 4.43. The Hall–Kier alpha value is -0.850. The zero-order chi connectivity index (χ0) is 14.1. The summed E-state index contributed by atoms with van der Waals surface area (Å²) in [6, 6.07) is 1.51. The van der Waals surface area contributed by atoms with Gasteiger partial charge in [-0.15, -0.1) is 0 Å². The van der Waals surface area contributed by atoms with Gasteiger partial charge in [-0.2, -0.15) is 4.31 Å². The molecule has 2 N–H and O–H groups in total. The van der Waals surface area contributed by atoms with E-state index in [0.717, 1.165) is 19.3 Å². The van der Waals surface area contributed by atoms with E-state index in [0.29, 0.717) is 18.8 Å². The van der Waals surface area contributed by atoms with Crippen LogP contribution in [0.1, 0.15) is 38.8 Å². The predicted molar refractivity (Wildman–Crippen MR) is 73.1 cm³/mol. The lowest BCUT2D eigenvalue weighted by Crippen LogP contribution is -2.31. The van der Waals surface area contributed by atoms with Crippen molar-refractivity contribution in [1.29, 1.82) is 0 Å². The molecular weight excluding hydrogens is 264 g/mol. The molecule has 1 aliphatic rings. The Labute approximate surface area is 114 Å². The number of aromatic nitrogens is 1. The van der Waals surface area contributed by atoms with Gasteiger partial charge < -0.3 is 10.1 Å². The number of aromatic amines is 1. The molecule has 0 radical (unpaired) electrons. The second-order valence-electron chi connectivity index (χ2n) is 5.31. The Morgan fingerprint density at radius 2 is 2.11 bits per heavy atom. The molecule has 1 aromatic rings. The van der Waals surface area contributed by atoms with Gasteiger partial charge >= 0.3 is 0 Å². The van der Waals surface area contributed by atoms with Gasteiger partial charge in [0.1, 0.15) is 0 Å². The molecule has 0 atom stereocenters. The van der Waals surface area contributed by atoms with Gasteiger partial charge in [-0.1, -0.05) is 13.8 Å². The molecule has 0 saturated carbocycles. The zero-order valence-corrected chi connectivity index (χ0v) is 12.3. The first-order valence-electron chi connectivity index (χ1n) is 6.76. The lowest BCUT2D eigenvalue weighted by Gasteiger charge is -2.26. The van der Waals surface area contributed by atoms with Crippen molar-refractivity contribution in [2.75, 3.05) is 13.1 Å². The highest BCUT2D eigenvalue weighted by molar-refractivity contribution is 7.89. The summed E-state index contributed by atoms with van der Waals surface area (Å²) in [5.74, 6) is 0. The smallest absolute Gasteiger partial charge is 0.244 e. The van der Waals surface area contributed by atoms with Crippen molar-refractivity contribution in [2.24, 2.45) is 5.41 Å². The van der Waals surface area contributed by atoms with E-state index in [1.807, 2.05) is 0 Å². The van der Waals surface area contributed by atoms with E-state index in [1.54, 1.807) is 4.31 Å². The molecule has 108 valence electrons. The van der Waals surface area contributed by atoms with Crippen LogP contribution in [0.25, 0.3) is 0 Å². The van der Waals surface area contributed by atoms with Crippen LogP contribution in [0.2, 0.25) is 0 Å². The van der Waals surface area contributed by atoms with Gasteiger partial charge in [-0.25, -0.2) is 8.42 Å². The van der Waals surface area contributed by atoms with Crippen LogP contribution >= 0.6 is 0 Å². The van der Waals surface area contributed by atoms with Gasteiger partial charge in [0.25, 0.3) is 0 Å². The van der Waals surface area contributed by atoms with Crippen molar-refractivity contribution in [3.8, 4) is 0 Å². The molecule has 6 heteroatoms. The van der Waals surface area contributed by atoms with Crippen molar-refractivity contribution in [1.82, 2.24) is 9.29 Å². The number of nitrogens with zero attached hydrogens (tertiary/aromatic N) is 1. The second-order valence-corrected chi connectivity index (χ2v) is 7.25. The molecule has 0 bridgehead atoms. The van der Waals surface area contributed by atoms with Crippen molar-refractivity contribution in [3.05, 3.63) is 18.0 Å². The lowest BCUT2D eigenvalue weighted by atomic mass is 9.82. The highest BCUT2D eigenvalue weighted by atomic mass is 32.2. The minimum Gasteiger partial charge on any atom is -0.390 e. The summed E-state index contributed by atoms with van der Waals surface area (Å²) in [6.45, 7) is 5.26. The third kappa shape index (κ3) is 2.57. The summed E-state index contributed by atoms with van der Waals surface area (Å²) in [5.41, 5.74) is 0.651. The Kier molecular flexibility index (Phi) is 4.03. The zero-order valence-electron chi connectivity index (χ0n) is 11.5. The summed E-state index contributed by atoms with van der Waals surface area (Å²) in [5, 5.41) is 9.00. The number of rotatable bonds is 5. The van der Waals surface area contributed by atoms with Crippen LogP contribution in [0, 0.1) is 5.41 Å².